The van der Waals surface area contributed by atoms with E-state index in [-0.39, 0.29) is 19.8 Å². The number of aliphatic hydroxyl groups excluding tert-OH is 1. The number of rotatable bonds is 13. The van der Waals surface area contributed by atoms with Gasteiger partial charge in [0.25, 0.3) is 17.4 Å². The summed E-state index contributed by atoms with van der Waals surface area (Å²) in [6.07, 6.45) is -3.54. The van der Waals surface area contributed by atoms with Gasteiger partial charge in [0.1, 0.15) is 35.4 Å². The molecule has 0 saturated carbocycles. The van der Waals surface area contributed by atoms with Crippen molar-refractivity contribution in [2.75, 3.05) is 34.0 Å². The Morgan fingerprint density at radius 3 is 1.83 bits per heavy atom. The maximum atomic E-state index is 13.0. The van der Waals surface area contributed by atoms with Crippen molar-refractivity contribution in [3.05, 3.63) is 164 Å². The lowest BCUT2D eigenvalue weighted by Gasteiger charge is -2.37. The molecule has 7 rings (SSSR count). The molecule has 53 heavy (non-hydrogen) atoms. The van der Waals surface area contributed by atoms with Gasteiger partial charge in [-0.3, -0.25) is 28.8 Å². The molecule has 13 nitrogen and oxygen atoms in total. The topological polar surface area (TPSA) is 159 Å². The number of H-pyrrole nitrogens is 1. The Hall–Kier alpha value is -5.86. The number of methoxy groups -OCH3 is 2. The van der Waals surface area contributed by atoms with Crippen LogP contribution in [0.5, 0.6) is 11.5 Å². The van der Waals surface area contributed by atoms with E-state index in [1.165, 1.54) is 6.20 Å². The molecule has 1 aromatic heterocycles. The van der Waals surface area contributed by atoms with Crippen LogP contribution in [0.1, 0.15) is 43.6 Å². The number of aromatic amines is 1. The molecular formula is C40H37N3O10. The maximum absolute atomic E-state index is 13.0. The standard InChI is InChI=1S/C40H37N3O10/c1-49-28-16-12-26(13-17-28)40(25-8-4-3-5-9-25,27-14-18-29(50-2)19-15-27)52-24-32-34(45)35(38(53-32)43-21-20-33(44)41-39(43)48)51-23-22-42-36(46)30-10-6-7-11-31(30)37(42)47/h3-21,32,34-35,38,45H,22-24H2,1-2H3,(H,41,44,48)/t32-,34-,35-,38-/m1/s1. The Balaban J connectivity index is 1.20. The minimum atomic E-state index is -1.36. The van der Waals surface area contributed by atoms with Crippen LogP contribution in [-0.2, 0) is 19.8 Å². The van der Waals surface area contributed by atoms with Gasteiger partial charge < -0.3 is 28.8 Å². The fourth-order valence-electron chi connectivity index (χ4n) is 6.89. The quantitative estimate of drug-likeness (QED) is 0.136. The fraction of sp³-hybridized carbons (Fsp3) is 0.250. The molecule has 2 aliphatic heterocycles. The predicted molar refractivity (Wildman–Crippen MR) is 191 cm³/mol. The summed E-state index contributed by atoms with van der Waals surface area (Å²) in [5.41, 5.74) is 0.259. The van der Waals surface area contributed by atoms with E-state index in [1.807, 2.05) is 78.9 Å². The van der Waals surface area contributed by atoms with Gasteiger partial charge in [0.2, 0.25) is 0 Å². The van der Waals surface area contributed by atoms with E-state index < -0.39 is 53.2 Å². The molecule has 2 N–H and O–H groups in total. The monoisotopic (exact) mass is 719 g/mol. The zero-order valence-corrected chi connectivity index (χ0v) is 28.9. The molecule has 0 radical (unpaired) electrons. The molecule has 4 aromatic carbocycles. The third-order valence-electron chi connectivity index (χ3n) is 9.58. The van der Waals surface area contributed by atoms with E-state index in [2.05, 4.69) is 4.98 Å². The largest absolute Gasteiger partial charge is 0.497 e. The van der Waals surface area contributed by atoms with Gasteiger partial charge in [0.05, 0.1) is 45.1 Å². The van der Waals surface area contributed by atoms with Crippen LogP contribution < -0.4 is 20.7 Å². The van der Waals surface area contributed by atoms with Gasteiger partial charge in [-0.05, 0) is 53.1 Å². The van der Waals surface area contributed by atoms with E-state index >= 15 is 0 Å². The molecule has 1 saturated heterocycles. The maximum Gasteiger partial charge on any atom is 0.330 e. The number of aromatic nitrogens is 2. The van der Waals surface area contributed by atoms with Crippen LogP contribution in [0.15, 0.2) is 125 Å². The van der Waals surface area contributed by atoms with Gasteiger partial charge in [-0.2, -0.15) is 0 Å². The van der Waals surface area contributed by atoms with E-state index in [4.69, 9.17) is 23.7 Å². The zero-order valence-electron chi connectivity index (χ0n) is 28.9. The molecule has 4 atom stereocenters. The second-order valence-corrected chi connectivity index (χ2v) is 12.5. The number of imide groups is 1. The Labute approximate surface area is 303 Å². The summed E-state index contributed by atoms with van der Waals surface area (Å²) in [6, 6.07) is 32.2. The van der Waals surface area contributed by atoms with E-state index in [1.54, 1.807) is 38.5 Å². The Morgan fingerprint density at radius 1 is 0.736 bits per heavy atom. The highest BCUT2D eigenvalue weighted by Gasteiger charge is 2.48. The Morgan fingerprint density at radius 2 is 1.28 bits per heavy atom. The first kappa shape index (κ1) is 35.5. The summed E-state index contributed by atoms with van der Waals surface area (Å²) in [7, 11) is 3.17. The van der Waals surface area contributed by atoms with Crippen LogP contribution >= 0.6 is 0 Å². The lowest BCUT2D eigenvalue weighted by atomic mass is 9.80. The molecule has 0 spiro atoms. The van der Waals surface area contributed by atoms with E-state index in [9.17, 15) is 24.3 Å². The molecule has 0 unspecified atom stereocenters. The third kappa shape index (κ3) is 6.66. The number of carbonyl (C=O) groups is 2. The van der Waals surface area contributed by atoms with E-state index in [0.717, 1.165) is 32.2 Å². The van der Waals surface area contributed by atoms with Crippen LogP contribution in [0.4, 0.5) is 0 Å². The first-order valence-corrected chi connectivity index (χ1v) is 17.0. The van der Waals surface area contributed by atoms with Crippen molar-refractivity contribution >= 4 is 11.8 Å². The fourth-order valence-corrected chi connectivity index (χ4v) is 6.89. The molecule has 0 aliphatic carbocycles. The Kier molecular flexibility index (Phi) is 10.1. The number of aliphatic hydroxyl groups is 1. The van der Waals surface area contributed by atoms with Crippen LogP contribution in [0.3, 0.4) is 0 Å². The minimum absolute atomic E-state index is 0.115. The van der Waals surface area contributed by atoms with Crippen molar-refractivity contribution in [1.29, 1.82) is 0 Å². The molecule has 5 aromatic rings. The normalized spacial score (nSPS) is 19.7. The smallest absolute Gasteiger partial charge is 0.330 e. The van der Waals surface area contributed by atoms with Crippen molar-refractivity contribution in [1.82, 2.24) is 14.5 Å². The highest BCUT2D eigenvalue weighted by molar-refractivity contribution is 6.21. The average molecular weight is 720 g/mol. The van der Waals surface area contributed by atoms with Gasteiger partial charge in [-0.1, -0.05) is 66.7 Å². The molecule has 2 aliphatic rings. The van der Waals surface area contributed by atoms with Crippen LogP contribution in [0.25, 0.3) is 0 Å². The van der Waals surface area contributed by atoms with Gasteiger partial charge in [0.15, 0.2) is 6.23 Å². The lowest BCUT2D eigenvalue weighted by molar-refractivity contribution is -0.0983. The van der Waals surface area contributed by atoms with Gasteiger partial charge in [-0.25, -0.2) is 4.79 Å². The van der Waals surface area contributed by atoms with Crippen molar-refractivity contribution in [3.63, 3.8) is 0 Å². The summed E-state index contributed by atoms with van der Waals surface area (Å²) < 4.78 is 31.4. The number of ether oxygens (including phenoxy) is 5. The molecular weight excluding hydrogens is 682 g/mol. The second kappa shape index (κ2) is 15.0. The highest BCUT2D eigenvalue weighted by Crippen LogP contribution is 2.43. The summed E-state index contributed by atoms with van der Waals surface area (Å²) in [4.78, 5) is 54.2. The molecule has 0 bridgehead atoms. The molecule has 3 heterocycles. The summed E-state index contributed by atoms with van der Waals surface area (Å²) in [5, 5.41) is 11.8. The SMILES string of the molecule is COc1ccc(C(OC[C@H]2O[C@@H](n3ccc(=O)[nH]c3=O)[C@H](OCCN3C(=O)c4ccccc4C3=O)[C@@H]2O)(c2ccccc2)c2ccc(OC)cc2)cc1. The second-order valence-electron chi connectivity index (χ2n) is 12.5. The molecule has 2 amide bonds. The van der Waals surface area contributed by atoms with Crippen molar-refractivity contribution in [2.45, 2.75) is 30.1 Å². The number of nitrogens with one attached hydrogen (secondary N) is 1. The molecule has 13 heteroatoms. The number of hydrogen-bond acceptors (Lipinski definition) is 10. The summed E-state index contributed by atoms with van der Waals surface area (Å²) >= 11 is 0. The average Bonchev–Trinajstić information content (AvgIpc) is 3.63. The zero-order chi connectivity index (χ0) is 37.1. The summed E-state index contributed by atoms with van der Waals surface area (Å²) in [6.45, 7) is -0.485. The number of nitrogens with zero attached hydrogens (tertiary/aromatic N) is 2. The first-order chi connectivity index (χ1) is 25.7. The van der Waals surface area contributed by atoms with Crippen molar-refractivity contribution in [3.8, 4) is 11.5 Å². The Bertz CT molecular complexity index is 2120. The number of fused-ring (bicyclic) bond motifs is 1. The van der Waals surface area contributed by atoms with Crippen molar-refractivity contribution < 1.29 is 38.4 Å². The van der Waals surface area contributed by atoms with Gasteiger partial charge in [-0.15, -0.1) is 0 Å². The van der Waals surface area contributed by atoms with Gasteiger partial charge in [0, 0.05) is 12.3 Å². The van der Waals surface area contributed by atoms with E-state index in [0.29, 0.717) is 22.6 Å². The van der Waals surface area contributed by atoms with Crippen LogP contribution in [0.2, 0.25) is 0 Å². The molecule has 272 valence electrons. The number of benzene rings is 4. The number of hydrogen-bond donors (Lipinski definition) is 2. The predicted octanol–water partition coefficient (Wildman–Crippen LogP) is 3.50. The van der Waals surface area contributed by atoms with Crippen LogP contribution in [0, 0.1) is 0 Å². The highest BCUT2D eigenvalue weighted by atomic mass is 16.6. The number of carbonyl (C=O) groups excluding carboxylic acids is 2. The van der Waals surface area contributed by atoms with Crippen molar-refractivity contribution in [2.24, 2.45) is 0 Å². The van der Waals surface area contributed by atoms with Gasteiger partial charge >= 0.3 is 5.69 Å². The number of amides is 2. The molecule has 1 fully saturated rings. The minimum Gasteiger partial charge on any atom is -0.497 e. The van der Waals surface area contributed by atoms with Crippen LogP contribution in [-0.4, -0.2) is 83.7 Å². The first-order valence-electron chi connectivity index (χ1n) is 17.0. The lowest BCUT2D eigenvalue weighted by Crippen LogP contribution is -2.42. The summed E-state index contributed by atoms with van der Waals surface area (Å²) in [5.74, 6) is 0.392. The third-order valence-corrected chi connectivity index (χ3v) is 9.58.